The third kappa shape index (κ3) is 5.60. The maximum atomic E-state index is 11.1. The van der Waals surface area contributed by atoms with Crippen LogP contribution in [-0.4, -0.2) is 48.6 Å². The van der Waals surface area contributed by atoms with Crippen molar-refractivity contribution in [1.29, 1.82) is 0 Å². The van der Waals surface area contributed by atoms with E-state index >= 15 is 0 Å². The summed E-state index contributed by atoms with van der Waals surface area (Å²) in [5, 5.41) is 13.0. The Balaban J connectivity index is 3.91. The predicted octanol–water partition coefficient (Wildman–Crippen LogP) is -3.98. The molecule has 0 radical (unpaired) electrons. The van der Waals surface area contributed by atoms with Gasteiger partial charge in [-0.15, -0.1) is 0 Å². The Kier molecular flexibility index (Phi) is 5.99. The first kappa shape index (κ1) is 13.3. The highest BCUT2D eigenvalue weighted by Crippen LogP contribution is 1.79. The molecule has 0 saturated carbocycles. The molecular weight excluding hydrogens is 204 g/mol. The van der Waals surface area contributed by atoms with Crippen LogP contribution in [0.15, 0.2) is 0 Å². The van der Waals surface area contributed by atoms with Gasteiger partial charge in [-0.25, -0.2) is 0 Å². The lowest BCUT2D eigenvalue weighted by molar-refractivity contribution is -0.129. The van der Waals surface area contributed by atoms with E-state index in [1.165, 1.54) is 0 Å². The predicted molar refractivity (Wildman–Crippen MR) is 50.3 cm³/mol. The van der Waals surface area contributed by atoms with Crippen molar-refractivity contribution in [2.45, 2.75) is 6.04 Å². The van der Waals surface area contributed by atoms with Gasteiger partial charge in [-0.3, -0.25) is 14.4 Å². The Labute approximate surface area is 86.0 Å². The number of hydrogen-bond donors (Lipinski definition) is 5. The first-order valence-electron chi connectivity index (χ1n) is 4.17. The van der Waals surface area contributed by atoms with Crippen molar-refractivity contribution in [2.24, 2.45) is 11.5 Å². The molecule has 3 amide bonds. The first-order chi connectivity index (χ1) is 7.01. The summed E-state index contributed by atoms with van der Waals surface area (Å²) in [7, 11) is 0. The minimum atomic E-state index is -1.15. The summed E-state index contributed by atoms with van der Waals surface area (Å²) in [5.41, 5.74) is 9.83. The summed E-state index contributed by atoms with van der Waals surface area (Å²) in [5.74, 6) is -1.98. The van der Waals surface area contributed by atoms with E-state index < -0.39 is 30.4 Å². The van der Waals surface area contributed by atoms with E-state index in [4.69, 9.17) is 16.6 Å². The summed E-state index contributed by atoms with van der Waals surface area (Å²) in [6.07, 6.45) is 0. The number of nitrogens with two attached hydrogens (primary N) is 2. The van der Waals surface area contributed by atoms with Gasteiger partial charge in [0.15, 0.2) is 0 Å². The Morgan fingerprint density at radius 1 is 1.27 bits per heavy atom. The summed E-state index contributed by atoms with van der Waals surface area (Å²) >= 11 is 0. The van der Waals surface area contributed by atoms with Gasteiger partial charge in [0.25, 0.3) is 0 Å². The zero-order valence-electron chi connectivity index (χ0n) is 8.03. The van der Waals surface area contributed by atoms with E-state index in [0.717, 1.165) is 0 Å². The smallest absolute Gasteiger partial charge is 0.242 e. The van der Waals surface area contributed by atoms with Crippen molar-refractivity contribution in [3.8, 4) is 0 Å². The molecule has 0 rings (SSSR count). The Hall–Kier alpha value is -1.67. The summed E-state index contributed by atoms with van der Waals surface area (Å²) < 4.78 is 0. The second kappa shape index (κ2) is 6.74. The van der Waals surface area contributed by atoms with Crippen LogP contribution in [-0.2, 0) is 14.4 Å². The van der Waals surface area contributed by atoms with Gasteiger partial charge < -0.3 is 27.2 Å². The van der Waals surface area contributed by atoms with Gasteiger partial charge in [-0.05, 0) is 0 Å². The van der Waals surface area contributed by atoms with Crippen LogP contribution in [0, 0.1) is 0 Å². The SMILES string of the molecule is NCC(=O)NCC(=O)N[C@@H](CO)C(N)=O. The fourth-order valence-electron chi connectivity index (χ4n) is 0.703. The maximum absolute atomic E-state index is 11.1. The van der Waals surface area contributed by atoms with Crippen LogP contribution in [0.4, 0.5) is 0 Å². The largest absolute Gasteiger partial charge is 0.394 e. The van der Waals surface area contributed by atoms with Crippen LogP contribution in [0.5, 0.6) is 0 Å². The summed E-state index contributed by atoms with van der Waals surface area (Å²) in [6.45, 7) is -1.14. The Bertz CT molecular complexity index is 255. The molecule has 8 heteroatoms. The van der Waals surface area contributed by atoms with Crippen molar-refractivity contribution in [1.82, 2.24) is 10.6 Å². The number of carbonyl (C=O) groups excluding carboxylic acids is 3. The van der Waals surface area contributed by atoms with Crippen molar-refractivity contribution in [2.75, 3.05) is 19.7 Å². The molecule has 0 heterocycles. The molecule has 0 bridgehead atoms. The number of primary amides is 1. The second-order valence-electron chi connectivity index (χ2n) is 2.69. The molecule has 0 unspecified atom stereocenters. The third-order valence-electron chi connectivity index (χ3n) is 1.49. The van der Waals surface area contributed by atoms with E-state index in [1.54, 1.807) is 0 Å². The lowest BCUT2D eigenvalue weighted by Gasteiger charge is -2.12. The van der Waals surface area contributed by atoms with Gasteiger partial charge in [0.2, 0.25) is 17.7 Å². The highest BCUT2D eigenvalue weighted by atomic mass is 16.3. The topological polar surface area (TPSA) is 148 Å². The molecular formula is C7H14N4O4. The van der Waals surface area contributed by atoms with E-state index in [0.29, 0.717) is 0 Å². The summed E-state index contributed by atoms with van der Waals surface area (Å²) in [4.78, 5) is 32.3. The van der Waals surface area contributed by atoms with Crippen LogP contribution >= 0.6 is 0 Å². The lowest BCUT2D eigenvalue weighted by atomic mass is 10.3. The maximum Gasteiger partial charge on any atom is 0.242 e. The molecule has 86 valence electrons. The molecule has 0 aliphatic heterocycles. The monoisotopic (exact) mass is 218 g/mol. The van der Waals surface area contributed by atoms with Gasteiger partial charge in [0, 0.05) is 0 Å². The van der Waals surface area contributed by atoms with Gasteiger partial charge >= 0.3 is 0 Å². The molecule has 0 aromatic rings. The highest BCUT2D eigenvalue weighted by molar-refractivity contribution is 5.89. The first-order valence-corrected chi connectivity index (χ1v) is 4.17. The quantitative estimate of drug-likeness (QED) is 0.308. The molecule has 0 spiro atoms. The number of rotatable bonds is 6. The van der Waals surface area contributed by atoms with Crippen molar-refractivity contribution >= 4 is 17.7 Å². The minimum Gasteiger partial charge on any atom is -0.394 e. The number of aliphatic hydroxyl groups excluding tert-OH is 1. The lowest BCUT2D eigenvalue weighted by Crippen LogP contribution is -2.50. The molecule has 8 nitrogen and oxygen atoms in total. The van der Waals surface area contributed by atoms with E-state index in [-0.39, 0.29) is 13.1 Å². The van der Waals surface area contributed by atoms with Crippen LogP contribution in [0.2, 0.25) is 0 Å². The minimum absolute atomic E-state index is 0.230. The van der Waals surface area contributed by atoms with E-state index in [9.17, 15) is 14.4 Å². The number of nitrogens with one attached hydrogen (secondary N) is 2. The molecule has 1 atom stereocenters. The van der Waals surface area contributed by atoms with Crippen LogP contribution < -0.4 is 22.1 Å². The number of carbonyl (C=O) groups is 3. The Morgan fingerprint density at radius 2 is 1.87 bits per heavy atom. The van der Waals surface area contributed by atoms with Crippen LogP contribution in [0.3, 0.4) is 0 Å². The number of aliphatic hydroxyl groups is 1. The zero-order chi connectivity index (χ0) is 11.8. The average molecular weight is 218 g/mol. The molecule has 0 saturated heterocycles. The molecule has 0 aromatic heterocycles. The van der Waals surface area contributed by atoms with E-state index in [2.05, 4.69) is 10.6 Å². The zero-order valence-corrected chi connectivity index (χ0v) is 8.03. The molecule has 15 heavy (non-hydrogen) atoms. The molecule has 0 fully saturated rings. The Morgan fingerprint density at radius 3 is 2.27 bits per heavy atom. The number of hydrogen-bond acceptors (Lipinski definition) is 5. The van der Waals surface area contributed by atoms with E-state index in [1.807, 2.05) is 0 Å². The van der Waals surface area contributed by atoms with Gasteiger partial charge in [0.05, 0.1) is 19.7 Å². The second-order valence-corrected chi connectivity index (χ2v) is 2.69. The van der Waals surface area contributed by atoms with Crippen molar-refractivity contribution in [3.63, 3.8) is 0 Å². The fraction of sp³-hybridized carbons (Fsp3) is 0.571. The van der Waals surface area contributed by atoms with Crippen LogP contribution in [0.1, 0.15) is 0 Å². The van der Waals surface area contributed by atoms with Crippen LogP contribution in [0.25, 0.3) is 0 Å². The molecule has 7 N–H and O–H groups in total. The molecule has 0 aliphatic rings. The average Bonchev–Trinajstić information content (AvgIpc) is 2.21. The normalized spacial score (nSPS) is 11.6. The molecule has 0 aromatic carbocycles. The fourth-order valence-corrected chi connectivity index (χ4v) is 0.703. The van der Waals surface area contributed by atoms with Gasteiger partial charge in [-0.1, -0.05) is 0 Å². The van der Waals surface area contributed by atoms with Gasteiger partial charge in [0.1, 0.15) is 6.04 Å². The third-order valence-corrected chi connectivity index (χ3v) is 1.49. The highest BCUT2D eigenvalue weighted by Gasteiger charge is 2.16. The standard InChI is InChI=1S/C7H14N4O4/c8-1-5(13)10-2-6(14)11-4(3-12)7(9)15/h4,12H,1-3,8H2,(H2,9,15)(H,10,13)(H,11,14)/t4-/m0/s1. The van der Waals surface area contributed by atoms with Crippen molar-refractivity contribution < 1.29 is 19.5 Å². The van der Waals surface area contributed by atoms with Crippen molar-refractivity contribution in [3.05, 3.63) is 0 Å². The van der Waals surface area contributed by atoms with Gasteiger partial charge in [-0.2, -0.15) is 0 Å². The molecule has 0 aliphatic carbocycles. The number of amides is 3. The summed E-state index contributed by atoms with van der Waals surface area (Å²) in [6, 6.07) is -1.15.